The van der Waals surface area contributed by atoms with Crippen LogP contribution in [0.1, 0.15) is 72.1 Å². The molecule has 4 rings (SSSR count). The fourth-order valence-corrected chi connectivity index (χ4v) is 8.21. The van der Waals surface area contributed by atoms with E-state index in [0.717, 1.165) is 38.5 Å². The molecule has 4 aliphatic carbocycles. The van der Waals surface area contributed by atoms with Crippen molar-refractivity contribution in [1.82, 2.24) is 0 Å². The minimum atomic E-state index is -1.42. The molecule has 0 heterocycles. The molecule has 4 fully saturated rings. The lowest BCUT2D eigenvalue weighted by Crippen LogP contribution is -2.63. The Morgan fingerprint density at radius 2 is 1.82 bits per heavy atom. The van der Waals surface area contributed by atoms with Crippen LogP contribution in [-0.2, 0) is 9.53 Å². The summed E-state index contributed by atoms with van der Waals surface area (Å²) < 4.78 is 5.25. The molecule has 28 heavy (non-hydrogen) atoms. The molecule has 0 aromatic carbocycles. The Bertz CT molecular complexity index is 636. The van der Waals surface area contributed by atoms with Crippen LogP contribution in [0.3, 0.4) is 0 Å². The van der Waals surface area contributed by atoms with Crippen LogP contribution in [0.4, 0.5) is 0 Å². The van der Waals surface area contributed by atoms with Crippen molar-refractivity contribution in [2.75, 3.05) is 7.11 Å². The Morgan fingerprint density at radius 3 is 2.50 bits per heavy atom. The molecule has 3 N–H and O–H groups in total. The van der Waals surface area contributed by atoms with Crippen molar-refractivity contribution in [3.8, 4) is 0 Å². The van der Waals surface area contributed by atoms with Gasteiger partial charge in [0, 0.05) is 12.5 Å². The zero-order valence-corrected chi connectivity index (χ0v) is 17.9. The van der Waals surface area contributed by atoms with Gasteiger partial charge in [-0.1, -0.05) is 13.8 Å². The molecule has 0 amide bonds. The number of aliphatic hydroxyl groups is 3. The third-order valence-electron chi connectivity index (χ3n) is 9.85. The highest BCUT2D eigenvalue weighted by Gasteiger charge is 2.69. The molecule has 4 aliphatic rings. The molecular weight excluding hydrogens is 356 g/mol. The predicted molar refractivity (Wildman–Crippen MR) is 106 cm³/mol. The Balaban J connectivity index is 1.67. The van der Waals surface area contributed by atoms with Crippen LogP contribution in [0, 0.1) is 34.5 Å². The molecule has 0 radical (unpaired) electrons. The second-order valence-corrected chi connectivity index (χ2v) is 10.8. The van der Waals surface area contributed by atoms with E-state index >= 15 is 0 Å². The maximum atomic E-state index is 13.1. The van der Waals surface area contributed by atoms with E-state index in [1.54, 1.807) is 6.92 Å². The van der Waals surface area contributed by atoms with Gasteiger partial charge in [-0.2, -0.15) is 0 Å². The number of rotatable bonds is 3. The minimum Gasteiger partial charge on any atom is -0.393 e. The van der Waals surface area contributed by atoms with Crippen LogP contribution < -0.4 is 0 Å². The molecule has 0 aromatic rings. The van der Waals surface area contributed by atoms with E-state index in [9.17, 15) is 20.1 Å². The second-order valence-electron chi connectivity index (χ2n) is 10.8. The fraction of sp³-hybridized carbons (Fsp3) is 0.957. The van der Waals surface area contributed by atoms with Crippen molar-refractivity contribution in [2.24, 2.45) is 34.5 Å². The summed E-state index contributed by atoms with van der Waals surface area (Å²) in [5.41, 5.74) is -1.97. The highest BCUT2D eigenvalue weighted by molar-refractivity contribution is 5.92. The smallest absolute Gasteiger partial charge is 0.193 e. The lowest BCUT2D eigenvalue weighted by molar-refractivity contribution is -0.204. The molecule has 160 valence electrons. The summed E-state index contributed by atoms with van der Waals surface area (Å²) in [5.74, 6) is 1.03. The van der Waals surface area contributed by atoms with E-state index < -0.39 is 23.2 Å². The van der Waals surface area contributed by atoms with Gasteiger partial charge in [0.15, 0.2) is 5.78 Å². The van der Waals surface area contributed by atoms with Gasteiger partial charge in [0.05, 0.1) is 12.2 Å². The topological polar surface area (TPSA) is 87.0 Å². The molecule has 0 aromatic heterocycles. The van der Waals surface area contributed by atoms with Gasteiger partial charge in [-0.3, -0.25) is 4.79 Å². The number of Topliss-reactive ketones (excluding diaryl/α,β-unsaturated/α-hetero) is 1. The Morgan fingerprint density at radius 1 is 1.11 bits per heavy atom. The Kier molecular flexibility index (Phi) is 5.02. The molecular formula is C23H38O5. The normalized spacial score (nSPS) is 54.4. The number of hydrogen-bond donors (Lipinski definition) is 3. The number of aliphatic hydroxyl groups excluding tert-OH is 2. The van der Waals surface area contributed by atoms with Crippen molar-refractivity contribution in [2.45, 2.75) is 96.1 Å². The number of fused-ring (bicyclic) bond motifs is 5. The van der Waals surface area contributed by atoms with Gasteiger partial charge in [0.2, 0.25) is 0 Å². The third-order valence-corrected chi connectivity index (χ3v) is 9.85. The molecule has 2 unspecified atom stereocenters. The van der Waals surface area contributed by atoms with E-state index in [2.05, 4.69) is 6.92 Å². The highest BCUT2D eigenvalue weighted by atomic mass is 16.5. The van der Waals surface area contributed by atoms with Gasteiger partial charge in [0.25, 0.3) is 0 Å². The number of methoxy groups -OCH3 is 1. The maximum Gasteiger partial charge on any atom is 0.193 e. The van der Waals surface area contributed by atoms with Crippen LogP contribution in [0.25, 0.3) is 0 Å². The largest absolute Gasteiger partial charge is 0.393 e. The number of carbonyl (C=O) groups is 1. The first-order valence-corrected chi connectivity index (χ1v) is 11.2. The fourth-order valence-electron chi connectivity index (χ4n) is 8.21. The molecule has 5 nitrogen and oxygen atoms in total. The molecule has 0 aliphatic heterocycles. The number of ether oxygens (including phenoxy) is 1. The van der Waals surface area contributed by atoms with Crippen LogP contribution in [0.2, 0.25) is 0 Å². The van der Waals surface area contributed by atoms with Crippen LogP contribution in [-0.4, -0.2) is 52.1 Å². The summed E-state index contributed by atoms with van der Waals surface area (Å²) in [4.78, 5) is 13.1. The van der Waals surface area contributed by atoms with E-state index in [1.807, 2.05) is 6.92 Å². The van der Waals surface area contributed by atoms with Crippen molar-refractivity contribution < 1.29 is 24.9 Å². The van der Waals surface area contributed by atoms with Gasteiger partial charge in [-0.25, -0.2) is 0 Å². The van der Waals surface area contributed by atoms with Crippen molar-refractivity contribution in [3.63, 3.8) is 0 Å². The Labute approximate surface area is 168 Å². The number of ketones is 1. The predicted octanol–water partition coefficient (Wildman–Crippen LogP) is 2.70. The van der Waals surface area contributed by atoms with E-state index in [-0.39, 0.29) is 29.1 Å². The summed E-state index contributed by atoms with van der Waals surface area (Å²) >= 11 is 0. The van der Waals surface area contributed by atoms with Gasteiger partial charge in [0.1, 0.15) is 11.7 Å². The summed E-state index contributed by atoms with van der Waals surface area (Å²) in [7, 11) is 1.51. The van der Waals surface area contributed by atoms with Gasteiger partial charge in [-0.15, -0.1) is 0 Å². The second kappa shape index (κ2) is 6.76. The first kappa shape index (κ1) is 20.8. The third kappa shape index (κ3) is 2.62. The minimum absolute atomic E-state index is 0.0490. The molecule has 0 saturated heterocycles. The lowest BCUT2D eigenvalue weighted by atomic mass is 9.43. The Hall–Kier alpha value is -0.490. The van der Waals surface area contributed by atoms with E-state index in [1.165, 1.54) is 7.11 Å². The molecule has 5 heteroatoms. The summed E-state index contributed by atoms with van der Waals surface area (Å²) in [5, 5.41) is 33.1. The average Bonchev–Trinajstić information content (AvgIpc) is 2.92. The van der Waals surface area contributed by atoms with E-state index in [0.29, 0.717) is 24.7 Å². The quantitative estimate of drug-likeness (QED) is 0.685. The maximum absolute atomic E-state index is 13.1. The van der Waals surface area contributed by atoms with Crippen molar-refractivity contribution in [3.05, 3.63) is 0 Å². The first-order chi connectivity index (χ1) is 13.1. The summed E-state index contributed by atoms with van der Waals surface area (Å²) in [6.45, 7) is 6.06. The average molecular weight is 395 g/mol. The molecule has 4 saturated carbocycles. The van der Waals surface area contributed by atoms with Crippen molar-refractivity contribution in [1.29, 1.82) is 0 Å². The lowest BCUT2D eigenvalue weighted by Gasteiger charge is -2.62. The summed E-state index contributed by atoms with van der Waals surface area (Å²) in [6.07, 6.45) is 5.17. The summed E-state index contributed by atoms with van der Waals surface area (Å²) in [6, 6.07) is 0. The monoisotopic (exact) mass is 394 g/mol. The molecule has 10 atom stereocenters. The standard InChI is InChI=1S/C23H38O5/c1-13(28-4)20(26)23(27)10-8-17-16-6-5-14-11-15(24)7-9-21(14,2)19(16)18(25)12-22(17,23)3/h13-19,24-25,27H,5-12H2,1-4H3/t13?,14-,15?,16+,17+,18+,19-,21+,22+,23+/m1/s1. The van der Waals surface area contributed by atoms with Gasteiger partial charge >= 0.3 is 0 Å². The zero-order chi connectivity index (χ0) is 20.5. The van der Waals surface area contributed by atoms with Crippen molar-refractivity contribution >= 4 is 5.78 Å². The number of hydrogen-bond acceptors (Lipinski definition) is 5. The van der Waals surface area contributed by atoms with Crippen LogP contribution >= 0.6 is 0 Å². The van der Waals surface area contributed by atoms with Gasteiger partial charge in [-0.05, 0) is 87.4 Å². The number of carbonyl (C=O) groups excluding carboxylic acids is 1. The SMILES string of the molecule is COC(C)C(=O)[C@@]1(O)CC[C@H]2[C@@H]3CC[C@@H]4CC(O)CC[C@]4(C)[C@H]3[C@@H](O)C[C@@]21C. The van der Waals surface area contributed by atoms with Crippen LogP contribution in [0.5, 0.6) is 0 Å². The molecule has 0 spiro atoms. The highest BCUT2D eigenvalue weighted by Crippen LogP contribution is 2.68. The van der Waals surface area contributed by atoms with Gasteiger partial charge < -0.3 is 20.1 Å². The van der Waals surface area contributed by atoms with E-state index in [4.69, 9.17) is 4.74 Å². The first-order valence-electron chi connectivity index (χ1n) is 11.2. The zero-order valence-electron chi connectivity index (χ0n) is 17.9. The molecule has 0 bridgehead atoms. The van der Waals surface area contributed by atoms with Crippen LogP contribution in [0.15, 0.2) is 0 Å².